The van der Waals surface area contributed by atoms with Crippen molar-refractivity contribution in [2.24, 2.45) is 5.73 Å². The van der Waals surface area contributed by atoms with E-state index in [9.17, 15) is 27.2 Å². The molecule has 1 aliphatic rings. The van der Waals surface area contributed by atoms with Crippen molar-refractivity contribution >= 4 is 11.0 Å². The van der Waals surface area contributed by atoms with E-state index in [1.807, 2.05) is 0 Å². The maximum absolute atomic E-state index is 14.8. The number of allylic oxidation sites excluding steroid dienone is 1. The molecule has 2 N–H and O–H groups in total. The summed E-state index contributed by atoms with van der Waals surface area (Å²) in [5, 5.41) is 13.4. The lowest BCUT2D eigenvalue weighted by Crippen LogP contribution is -2.36. The van der Waals surface area contributed by atoms with Gasteiger partial charge in [0, 0.05) is 0 Å². The molecule has 1 unspecified atom stereocenters. The Morgan fingerprint density at radius 3 is 2.29 bits per heavy atom. The molecule has 0 fully saturated rings. The van der Waals surface area contributed by atoms with Crippen molar-refractivity contribution in [2.45, 2.75) is 18.0 Å². The Kier molecular flexibility index (Phi) is 4.94. The molecule has 2 aromatic carbocycles. The fourth-order valence-corrected chi connectivity index (χ4v) is 3.86. The maximum Gasteiger partial charge on any atom is 0.459 e. The molecule has 0 bridgehead atoms. The molecule has 12 heteroatoms. The number of benzene rings is 2. The van der Waals surface area contributed by atoms with Crippen LogP contribution in [-0.4, -0.2) is 25.9 Å². The first-order valence-electron chi connectivity index (χ1n) is 10.1. The van der Waals surface area contributed by atoms with Crippen LogP contribution in [0.3, 0.4) is 0 Å². The third kappa shape index (κ3) is 3.43. The van der Waals surface area contributed by atoms with E-state index >= 15 is 0 Å². The van der Waals surface area contributed by atoms with Crippen LogP contribution in [0.4, 0.5) is 22.0 Å². The molecule has 0 aliphatic carbocycles. The summed E-state index contributed by atoms with van der Waals surface area (Å²) in [5.41, 5.74) is 4.11. The van der Waals surface area contributed by atoms with E-state index in [4.69, 9.17) is 10.5 Å². The molecule has 35 heavy (non-hydrogen) atoms. The largest absolute Gasteiger partial charge is 0.459 e. The molecule has 5 rings (SSSR count). The lowest BCUT2D eigenvalue weighted by Gasteiger charge is -2.26. The van der Waals surface area contributed by atoms with Crippen LogP contribution >= 0.6 is 0 Å². The fraction of sp³-hybridized carbons (Fsp3) is 0.130. The molecule has 176 valence electrons. The number of nitriles is 1. The number of alkyl halides is 5. The predicted octanol–water partition coefficient (Wildman–Crippen LogP) is 4.69. The van der Waals surface area contributed by atoms with E-state index in [1.54, 1.807) is 48.5 Å². The molecule has 0 spiro atoms. The SMILES string of the molecule is N#CC1=C(N)Oc2c(c(C(F)(F)C(F)(F)F)nn2-c2ccccc2)C1c1cnc2ccccc2n1. The number of hydrogen-bond acceptors (Lipinski definition) is 6. The standard InChI is InChI=1S/C23H13F5N6O/c24-22(25,23(26,27)28)19-18-17(16-11-31-14-8-4-5-9-15(14)32-16)13(10-29)20(30)35-21(18)34(33-19)12-6-2-1-3-7-12/h1-9,11,17H,30H2. The average Bonchev–Trinajstić information content (AvgIpc) is 3.22. The first-order valence-corrected chi connectivity index (χ1v) is 10.1. The predicted molar refractivity (Wildman–Crippen MR) is 112 cm³/mol. The summed E-state index contributed by atoms with van der Waals surface area (Å²) >= 11 is 0. The number of fused-ring (bicyclic) bond motifs is 2. The van der Waals surface area contributed by atoms with Crippen molar-refractivity contribution in [3.8, 4) is 17.6 Å². The van der Waals surface area contributed by atoms with Gasteiger partial charge in [0.15, 0.2) is 0 Å². The van der Waals surface area contributed by atoms with Crippen LogP contribution in [0.25, 0.3) is 16.7 Å². The van der Waals surface area contributed by atoms with Gasteiger partial charge in [-0.2, -0.15) is 37.0 Å². The Morgan fingerprint density at radius 2 is 1.63 bits per heavy atom. The molecular weight excluding hydrogens is 471 g/mol. The topological polar surface area (TPSA) is 103 Å². The van der Waals surface area contributed by atoms with Crippen molar-refractivity contribution in [2.75, 3.05) is 0 Å². The molecular formula is C23H13F5N6O. The van der Waals surface area contributed by atoms with Crippen molar-refractivity contribution in [3.63, 3.8) is 0 Å². The highest BCUT2D eigenvalue weighted by molar-refractivity contribution is 5.74. The summed E-state index contributed by atoms with van der Waals surface area (Å²) in [4.78, 5) is 8.59. The molecule has 0 radical (unpaired) electrons. The second-order valence-corrected chi connectivity index (χ2v) is 7.60. The summed E-state index contributed by atoms with van der Waals surface area (Å²) in [6.45, 7) is 0. The van der Waals surface area contributed by atoms with Crippen LogP contribution in [0.15, 0.2) is 72.3 Å². The minimum Gasteiger partial charge on any atom is -0.422 e. The lowest BCUT2D eigenvalue weighted by atomic mass is 9.86. The molecule has 7 nitrogen and oxygen atoms in total. The van der Waals surface area contributed by atoms with Crippen molar-refractivity contribution in [3.05, 3.63) is 89.2 Å². The van der Waals surface area contributed by atoms with Crippen LogP contribution in [0.2, 0.25) is 0 Å². The zero-order chi connectivity index (χ0) is 25.0. The molecule has 0 saturated carbocycles. The second kappa shape index (κ2) is 7.76. The summed E-state index contributed by atoms with van der Waals surface area (Å²) in [6.07, 6.45) is -4.78. The van der Waals surface area contributed by atoms with E-state index in [-0.39, 0.29) is 11.4 Å². The molecule has 2 aromatic heterocycles. The summed E-state index contributed by atoms with van der Waals surface area (Å²) < 4.78 is 76.5. The van der Waals surface area contributed by atoms with Gasteiger partial charge in [-0.15, -0.1) is 0 Å². The number of nitrogens with two attached hydrogens (primary N) is 1. The number of halogens is 5. The van der Waals surface area contributed by atoms with E-state index in [2.05, 4.69) is 15.1 Å². The summed E-state index contributed by atoms with van der Waals surface area (Å²) in [7, 11) is 0. The maximum atomic E-state index is 14.8. The smallest absolute Gasteiger partial charge is 0.422 e. The van der Waals surface area contributed by atoms with E-state index in [0.29, 0.717) is 11.0 Å². The van der Waals surface area contributed by atoms with E-state index < -0.39 is 46.6 Å². The van der Waals surface area contributed by atoms with E-state index in [1.165, 1.54) is 18.3 Å². The van der Waals surface area contributed by atoms with Crippen molar-refractivity contribution in [1.82, 2.24) is 19.7 Å². The molecule has 0 amide bonds. The number of aromatic nitrogens is 4. The number of rotatable bonds is 3. The Balaban J connectivity index is 1.85. The van der Waals surface area contributed by atoms with Gasteiger partial charge in [-0.1, -0.05) is 30.3 Å². The second-order valence-electron chi connectivity index (χ2n) is 7.60. The van der Waals surface area contributed by atoms with Gasteiger partial charge in [0.2, 0.25) is 11.8 Å². The van der Waals surface area contributed by atoms with Gasteiger partial charge in [0.05, 0.1) is 40.1 Å². The zero-order valence-electron chi connectivity index (χ0n) is 17.5. The van der Waals surface area contributed by atoms with Crippen LogP contribution in [0, 0.1) is 11.3 Å². The first-order chi connectivity index (χ1) is 16.6. The Labute approximate surface area is 193 Å². The third-order valence-electron chi connectivity index (χ3n) is 5.46. The number of para-hydroxylation sites is 3. The number of nitrogens with zero attached hydrogens (tertiary/aromatic N) is 5. The van der Waals surface area contributed by atoms with Gasteiger partial charge in [0.1, 0.15) is 17.3 Å². The normalized spacial score (nSPS) is 16.1. The van der Waals surface area contributed by atoms with E-state index in [0.717, 1.165) is 4.68 Å². The molecule has 1 aliphatic heterocycles. The highest BCUT2D eigenvalue weighted by Crippen LogP contribution is 2.52. The third-order valence-corrected chi connectivity index (χ3v) is 5.46. The highest BCUT2D eigenvalue weighted by atomic mass is 19.4. The van der Waals surface area contributed by atoms with Crippen LogP contribution < -0.4 is 10.5 Å². The van der Waals surface area contributed by atoms with Gasteiger partial charge in [-0.05, 0) is 24.3 Å². The van der Waals surface area contributed by atoms with Crippen LogP contribution in [0.5, 0.6) is 5.88 Å². The average molecular weight is 484 g/mol. The Hall–Kier alpha value is -4.53. The van der Waals surface area contributed by atoms with Crippen LogP contribution in [0.1, 0.15) is 22.9 Å². The lowest BCUT2D eigenvalue weighted by molar-refractivity contribution is -0.291. The number of ether oxygens (including phenoxy) is 1. The highest BCUT2D eigenvalue weighted by Gasteiger charge is 2.63. The van der Waals surface area contributed by atoms with Crippen molar-refractivity contribution < 1.29 is 26.7 Å². The van der Waals surface area contributed by atoms with Gasteiger partial charge >= 0.3 is 12.1 Å². The molecule has 4 aromatic rings. The summed E-state index contributed by atoms with van der Waals surface area (Å²) in [6, 6.07) is 15.9. The van der Waals surface area contributed by atoms with Gasteiger partial charge in [0.25, 0.3) is 0 Å². The fourth-order valence-electron chi connectivity index (χ4n) is 3.86. The van der Waals surface area contributed by atoms with Crippen LogP contribution in [-0.2, 0) is 5.92 Å². The Morgan fingerprint density at radius 1 is 0.971 bits per heavy atom. The number of hydrogen-bond donors (Lipinski definition) is 1. The first kappa shape index (κ1) is 22.3. The minimum absolute atomic E-state index is 0.0698. The monoisotopic (exact) mass is 484 g/mol. The van der Waals surface area contributed by atoms with Gasteiger partial charge in [-0.3, -0.25) is 4.98 Å². The molecule has 1 atom stereocenters. The quantitative estimate of drug-likeness (QED) is 0.424. The molecule has 0 saturated heterocycles. The summed E-state index contributed by atoms with van der Waals surface area (Å²) in [5.74, 6) is -7.87. The zero-order valence-corrected chi connectivity index (χ0v) is 17.5. The molecule has 3 heterocycles. The minimum atomic E-state index is -5.98. The Bertz CT molecular complexity index is 1520. The van der Waals surface area contributed by atoms with Gasteiger partial charge < -0.3 is 10.5 Å². The van der Waals surface area contributed by atoms with Gasteiger partial charge in [-0.25, -0.2) is 4.98 Å². The van der Waals surface area contributed by atoms with Crippen molar-refractivity contribution in [1.29, 1.82) is 5.26 Å².